The lowest BCUT2D eigenvalue weighted by Crippen LogP contribution is -2.23. The van der Waals surface area contributed by atoms with Crippen molar-refractivity contribution in [2.45, 2.75) is 19.9 Å². The second kappa shape index (κ2) is 5.89. The second-order valence-electron chi connectivity index (χ2n) is 4.37. The number of hydrogen-bond donors (Lipinski definition) is 1. The van der Waals surface area contributed by atoms with Crippen LogP contribution < -0.4 is 5.32 Å². The van der Waals surface area contributed by atoms with Crippen LogP contribution in [0.1, 0.15) is 29.8 Å². The third kappa shape index (κ3) is 3.15. The number of nitrogens with one attached hydrogen (secondary N) is 1. The summed E-state index contributed by atoms with van der Waals surface area (Å²) in [6, 6.07) is 7.05. The summed E-state index contributed by atoms with van der Waals surface area (Å²) in [5.74, 6) is -1.14. The second-order valence-corrected chi connectivity index (χ2v) is 4.37. The molecule has 4 heteroatoms. The van der Waals surface area contributed by atoms with Gasteiger partial charge < -0.3 is 5.32 Å². The Bertz CT molecular complexity index is 550. The van der Waals surface area contributed by atoms with E-state index in [1.165, 1.54) is 12.1 Å². The molecule has 2 rings (SSSR count). The fourth-order valence-corrected chi connectivity index (χ4v) is 2.16. The summed E-state index contributed by atoms with van der Waals surface area (Å²) in [6.07, 6.45) is 1.70. The molecule has 100 valence electrons. The number of rotatable bonds is 4. The van der Waals surface area contributed by atoms with Crippen LogP contribution in [0.3, 0.4) is 0 Å². The minimum Gasteiger partial charge on any atom is -0.306 e. The van der Waals surface area contributed by atoms with E-state index in [2.05, 4.69) is 10.3 Å². The Hall–Kier alpha value is -1.81. The molecule has 0 fully saturated rings. The number of halogens is 2. The average Bonchev–Trinajstić information content (AvgIpc) is 2.36. The maximum atomic E-state index is 13.4. The topological polar surface area (TPSA) is 24.9 Å². The Morgan fingerprint density at radius 2 is 1.89 bits per heavy atom. The van der Waals surface area contributed by atoms with Gasteiger partial charge in [-0.15, -0.1) is 0 Å². The highest BCUT2D eigenvalue weighted by Crippen LogP contribution is 2.25. The Morgan fingerprint density at radius 1 is 1.21 bits per heavy atom. The van der Waals surface area contributed by atoms with E-state index < -0.39 is 11.6 Å². The molecule has 2 nitrogen and oxygen atoms in total. The van der Waals surface area contributed by atoms with Crippen LogP contribution in [0, 0.1) is 18.6 Å². The Labute approximate surface area is 111 Å². The molecule has 0 saturated carbocycles. The van der Waals surface area contributed by atoms with Crippen LogP contribution >= 0.6 is 0 Å². The summed E-state index contributed by atoms with van der Waals surface area (Å²) in [4.78, 5) is 4.23. The molecule has 1 N–H and O–H groups in total. The molecular weight excluding hydrogens is 246 g/mol. The Kier molecular flexibility index (Phi) is 4.22. The summed E-state index contributed by atoms with van der Waals surface area (Å²) < 4.78 is 26.7. The van der Waals surface area contributed by atoms with Gasteiger partial charge in [0.1, 0.15) is 11.6 Å². The fourth-order valence-electron chi connectivity index (χ4n) is 2.16. The third-order valence-electron chi connectivity index (χ3n) is 2.99. The summed E-state index contributed by atoms with van der Waals surface area (Å²) >= 11 is 0. The molecule has 0 aliphatic heterocycles. The smallest absolute Gasteiger partial charge is 0.126 e. The zero-order valence-electron chi connectivity index (χ0n) is 11.0. The molecule has 1 aromatic carbocycles. The minimum absolute atomic E-state index is 0.260. The predicted molar refractivity (Wildman–Crippen MR) is 70.9 cm³/mol. The molecule has 2 aromatic rings. The fraction of sp³-hybridized carbons (Fsp3) is 0.267. The maximum absolute atomic E-state index is 13.4. The molecule has 0 aliphatic carbocycles. The lowest BCUT2D eigenvalue weighted by atomic mass is 9.97. The molecule has 1 heterocycles. The third-order valence-corrected chi connectivity index (χ3v) is 2.99. The van der Waals surface area contributed by atoms with Gasteiger partial charge in [0.15, 0.2) is 0 Å². The predicted octanol–water partition coefficient (Wildman–Crippen LogP) is 3.37. The van der Waals surface area contributed by atoms with Crippen molar-refractivity contribution < 1.29 is 8.78 Å². The number of nitrogens with zero attached hydrogens (tertiary/aromatic N) is 1. The van der Waals surface area contributed by atoms with E-state index in [0.29, 0.717) is 12.1 Å². The normalized spacial score (nSPS) is 12.4. The molecule has 0 saturated heterocycles. The molecule has 1 atom stereocenters. The average molecular weight is 262 g/mol. The van der Waals surface area contributed by atoms with Gasteiger partial charge >= 0.3 is 0 Å². The highest BCUT2D eigenvalue weighted by Gasteiger charge is 2.17. The van der Waals surface area contributed by atoms with E-state index in [4.69, 9.17) is 0 Å². The van der Waals surface area contributed by atoms with E-state index in [9.17, 15) is 8.78 Å². The van der Waals surface area contributed by atoms with Crippen molar-refractivity contribution in [3.8, 4) is 0 Å². The van der Waals surface area contributed by atoms with E-state index in [1.54, 1.807) is 6.20 Å². The summed E-state index contributed by atoms with van der Waals surface area (Å²) in [5, 5.41) is 3.24. The molecule has 0 bridgehead atoms. The first kappa shape index (κ1) is 13.6. The zero-order chi connectivity index (χ0) is 13.8. The Morgan fingerprint density at radius 3 is 2.47 bits per heavy atom. The number of aromatic nitrogens is 1. The largest absolute Gasteiger partial charge is 0.306 e. The van der Waals surface area contributed by atoms with Crippen molar-refractivity contribution in [2.75, 3.05) is 6.54 Å². The molecule has 1 aromatic heterocycles. The summed E-state index contributed by atoms with van der Waals surface area (Å²) in [7, 11) is 0. The van der Waals surface area contributed by atoms with Gasteiger partial charge in [0.2, 0.25) is 0 Å². The van der Waals surface area contributed by atoms with Crippen molar-refractivity contribution in [3.63, 3.8) is 0 Å². The summed E-state index contributed by atoms with van der Waals surface area (Å²) in [5.41, 5.74) is 2.34. The van der Waals surface area contributed by atoms with Gasteiger partial charge in [-0.3, -0.25) is 4.98 Å². The number of hydrogen-bond acceptors (Lipinski definition) is 2. The van der Waals surface area contributed by atoms with Crippen molar-refractivity contribution in [2.24, 2.45) is 0 Å². The van der Waals surface area contributed by atoms with Gasteiger partial charge in [-0.05, 0) is 42.8 Å². The number of pyridine rings is 1. The Balaban J connectivity index is 2.48. The first-order valence-electron chi connectivity index (χ1n) is 6.22. The molecular formula is C15H16F2N2. The van der Waals surface area contributed by atoms with Crippen LogP contribution in [-0.2, 0) is 0 Å². The van der Waals surface area contributed by atoms with Gasteiger partial charge in [-0.1, -0.05) is 13.0 Å². The molecule has 0 spiro atoms. The molecule has 0 radical (unpaired) electrons. The van der Waals surface area contributed by atoms with Crippen molar-refractivity contribution in [1.82, 2.24) is 10.3 Å². The molecule has 0 amide bonds. The molecule has 1 unspecified atom stereocenters. The van der Waals surface area contributed by atoms with Gasteiger partial charge in [0, 0.05) is 18.0 Å². The highest BCUT2D eigenvalue weighted by atomic mass is 19.1. The molecule has 0 aliphatic rings. The van der Waals surface area contributed by atoms with E-state index >= 15 is 0 Å². The zero-order valence-corrected chi connectivity index (χ0v) is 11.0. The number of benzene rings is 1. The lowest BCUT2D eigenvalue weighted by Gasteiger charge is -2.20. The maximum Gasteiger partial charge on any atom is 0.126 e. The van der Waals surface area contributed by atoms with E-state index in [0.717, 1.165) is 17.3 Å². The van der Waals surface area contributed by atoms with Crippen LogP contribution in [0.5, 0.6) is 0 Å². The quantitative estimate of drug-likeness (QED) is 0.913. The van der Waals surface area contributed by atoms with Crippen LogP contribution in [0.4, 0.5) is 8.78 Å². The summed E-state index contributed by atoms with van der Waals surface area (Å²) in [6.45, 7) is 4.53. The van der Waals surface area contributed by atoms with Gasteiger partial charge in [-0.2, -0.15) is 0 Å². The van der Waals surface area contributed by atoms with Gasteiger partial charge in [0.25, 0.3) is 0 Å². The minimum atomic E-state index is -0.570. The van der Waals surface area contributed by atoms with Crippen LogP contribution in [0.15, 0.2) is 36.5 Å². The first-order valence-corrected chi connectivity index (χ1v) is 6.22. The lowest BCUT2D eigenvalue weighted by molar-refractivity contribution is 0.564. The standard InChI is InChI=1S/C15H16F2N2/c1-3-18-15(14-5-4-6-19-10(14)2)11-7-12(16)9-13(17)8-11/h4-9,15,18H,3H2,1-2H3. The SMILES string of the molecule is CCNC(c1cc(F)cc(F)c1)c1cccnc1C. The van der Waals surface area contributed by atoms with Crippen LogP contribution in [0.2, 0.25) is 0 Å². The van der Waals surface area contributed by atoms with Crippen LogP contribution in [0.25, 0.3) is 0 Å². The highest BCUT2D eigenvalue weighted by molar-refractivity contribution is 5.34. The van der Waals surface area contributed by atoms with Crippen molar-refractivity contribution >= 4 is 0 Å². The van der Waals surface area contributed by atoms with E-state index in [1.807, 2.05) is 26.0 Å². The van der Waals surface area contributed by atoms with Crippen molar-refractivity contribution in [1.29, 1.82) is 0 Å². The first-order chi connectivity index (χ1) is 9.11. The van der Waals surface area contributed by atoms with Gasteiger partial charge in [-0.25, -0.2) is 8.78 Å². The van der Waals surface area contributed by atoms with Crippen molar-refractivity contribution in [3.05, 3.63) is 65.0 Å². The van der Waals surface area contributed by atoms with Crippen LogP contribution in [-0.4, -0.2) is 11.5 Å². The number of aryl methyl sites for hydroxylation is 1. The van der Waals surface area contributed by atoms with Gasteiger partial charge in [0.05, 0.1) is 6.04 Å². The van der Waals surface area contributed by atoms with E-state index in [-0.39, 0.29) is 6.04 Å². The molecule has 19 heavy (non-hydrogen) atoms. The monoisotopic (exact) mass is 262 g/mol.